The van der Waals surface area contributed by atoms with Crippen LogP contribution < -0.4 is 0 Å². The number of rotatable bonds is 20. The van der Waals surface area contributed by atoms with E-state index in [2.05, 4.69) is 231 Å². The molecule has 0 N–H and O–H groups in total. The van der Waals surface area contributed by atoms with E-state index in [9.17, 15) is 12.6 Å². The predicted molar refractivity (Wildman–Crippen MR) is 364 cm³/mol. The van der Waals surface area contributed by atoms with Gasteiger partial charge in [0, 0.05) is 73.9 Å². The van der Waals surface area contributed by atoms with Gasteiger partial charge in [-0.3, -0.25) is 18.9 Å². The Hall–Kier alpha value is -4.04. The van der Waals surface area contributed by atoms with E-state index in [1.165, 1.54) is 108 Å². The van der Waals surface area contributed by atoms with Crippen LogP contribution >= 0.6 is 0 Å². The molecular formula is C73H115N5O4S2. The molecule has 84 heavy (non-hydrogen) atoms. The summed E-state index contributed by atoms with van der Waals surface area (Å²) >= 11 is 0. The van der Waals surface area contributed by atoms with Gasteiger partial charge in [0.2, 0.25) is 0 Å². The van der Waals surface area contributed by atoms with Gasteiger partial charge in [0.05, 0.1) is 19.0 Å². The van der Waals surface area contributed by atoms with E-state index in [1.807, 2.05) is 12.1 Å². The molecule has 11 heteroatoms. The molecule has 0 aliphatic carbocycles. The van der Waals surface area contributed by atoms with Gasteiger partial charge in [0.1, 0.15) is 9.84 Å². The normalized spacial score (nSPS) is 16.2. The molecule has 3 fully saturated rings. The van der Waals surface area contributed by atoms with Crippen molar-refractivity contribution in [3.8, 4) is 0 Å². The molecule has 5 aromatic rings. The van der Waals surface area contributed by atoms with Gasteiger partial charge in [-0.1, -0.05) is 191 Å². The lowest BCUT2D eigenvalue weighted by Gasteiger charge is -2.40. The maximum Gasteiger partial charge on any atom is 0.147 e. The van der Waals surface area contributed by atoms with Crippen molar-refractivity contribution in [1.29, 1.82) is 0 Å². The minimum absolute atomic E-state index is 0.230. The zero-order chi connectivity index (χ0) is 61.8. The molecule has 5 aromatic carbocycles. The monoisotopic (exact) mass is 1190 g/mol. The van der Waals surface area contributed by atoms with E-state index in [-0.39, 0.29) is 5.75 Å². The highest BCUT2D eigenvalue weighted by Crippen LogP contribution is 2.23. The average Bonchev–Trinajstić information content (AvgIpc) is 3.61. The van der Waals surface area contributed by atoms with Gasteiger partial charge in [0.25, 0.3) is 0 Å². The molecule has 9 nitrogen and oxygen atoms in total. The summed E-state index contributed by atoms with van der Waals surface area (Å²) in [5.74, 6) is 3.99. The van der Waals surface area contributed by atoms with Crippen molar-refractivity contribution < 1.29 is 17.4 Å². The first kappa shape index (κ1) is 72.4. The Morgan fingerprint density at radius 1 is 0.476 bits per heavy atom. The molecule has 3 saturated heterocycles. The first-order valence-electron chi connectivity index (χ1n) is 31.8. The van der Waals surface area contributed by atoms with E-state index in [4.69, 9.17) is 4.74 Å². The number of likely N-dealkylation sites (N-methyl/N-ethyl adjacent to an activating group) is 1. The fraction of sp³-hybridized carbons (Fsp3) is 0.589. The van der Waals surface area contributed by atoms with E-state index < -0.39 is 20.6 Å². The summed E-state index contributed by atoms with van der Waals surface area (Å²) in [7, 11) is 5.10. The van der Waals surface area contributed by atoms with Gasteiger partial charge >= 0.3 is 0 Å². The van der Waals surface area contributed by atoms with E-state index in [0.717, 1.165) is 82.2 Å². The summed E-state index contributed by atoms with van der Waals surface area (Å²) in [5.41, 5.74) is 13.7. The topological polar surface area (TPSA) is 76.6 Å². The number of sulfone groups is 1. The molecular weight excluding hydrogens is 1070 g/mol. The van der Waals surface area contributed by atoms with Crippen molar-refractivity contribution in [2.75, 3.05) is 111 Å². The molecule has 3 aliphatic rings. The Morgan fingerprint density at radius 3 is 1.11 bits per heavy atom. The molecule has 3 heterocycles. The third-order valence-corrected chi connectivity index (χ3v) is 18.5. The van der Waals surface area contributed by atoms with Crippen molar-refractivity contribution in [2.24, 2.45) is 0 Å². The van der Waals surface area contributed by atoms with Crippen LogP contribution in [-0.2, 0) is 57.7 Å². The largest absolute Gasteiger partial charge is 0.379 e. The first-order chi connectivity index (χ1) is 39.8. The highest BCUT2D eigenvalue weighted by molar-refractivity contribution is 7.90. The van der Waals surface area contributed by atoms with Gasteiger partial charge in [-0.25, -0.2) is 8.42 Å². The fourth-order valence-electron chi connectivity index (χ4n) is 10.6. The number of ether oxygens (including phenoxy) is 1. The lowest BCUT2D eigenvalue weighted by molar-refractivity contribution is 0.000230. The Labute approximate surface area is 516 Å². The third-order valence-electron chi connectivity index (χ3n) is 16.7. The summed E-state index contributed by atoms with van der Waals surface area (Å²) in [6.45, 7) is 34.5. The second kappa shape index (κ2) is 38.3. The lowest BCUT2D eigenvalue weighted by atomic mass is 10.00. The summed E-state index contributed by atoms with van der Waals surface area (Å²) in [5, 5.41) is 0. The van der Waals surface area contributed by atoms with Crippen LogP contribution in [0.15, 0.2) is 121 Å². The van der Waals surface area contributed by atoms with E-state index in [1.54, 1.807) is 6.26 Å². The van der Waals surface area contributed by atoms with Crippen LogP contribution in [0.4, 0.5) is 0 Å². The van der Waals surface area contributed by atoms with Crippen LogP contribution in [0, 0.1) is 0 Å². The smallest absolute Gasteiger partial charge is 0.147 e. The number of likely N-dealkylation sites (tertiary alicyclic amines) is 2. The molecule has 1 atom stereocenters. The molecule has 1 unspecified atom stereocenters. The quantitative estimate of drug-likeness (QED) is 0.0757. The fourth-order valence-corrected chi connectivity index (χ4v) is 11.8. The van der Waals surface area contributed by atoms with Crippen LogP contribution in [0.2, 0.25) is 0 Å². The number of nitrogens with zero attached hydrogens (tertiary/aromatic N) is 5. The number of benzene rings is 5. The van der Waals surface area contributed by atoms with Crippen molar-refractivity contribution in [2.45, 2.75) is 169 Å². The van der Waals surface area contributed by atoms with Crippen LogP contribution in [0.25, 0.3) is 0 Å². The number of aryl methyl sites for hydroxylation is 2. The number of morpholine rings is 1. The molecule has 0 bridgehead atoms. The zero-order valence-corrected chi connectivity index (χ0v) is 57.0. The molecule has 468 valence electrons. The second-order valence-corrected chi connectivity index (χ2v) is 29.9. The van der Waals surface area contributed by atoms with Gasteiger partial charge in [-0.2, -0.15) is 0 Å². The van der Waals surface area contributed by atoms with Gasteiger partial charge in [0.15, 0.2) is 0 Å². The van der Waals surface area contributed by atoms with E-state index in [0.29, 0.717) is 36.0 Å². The highest BCUT2D eigenvalue weighted by atomic mass is 32.2. The first-order valence-corrected chi connectivity index (χ1v) is 35.6. The van der Waals surface area contributed by atoms with Crippen LogP contribution in [0.1, 0.15) is 180 Å². The summed E-state index contributed by atoms with van der Waals surface area (Å²) < 4.78 is 38.3. The third kappa shape index (κ3) is 29.1. The standard InChI is InChI=1S/C19H30N2O.C17H28N2.C13H21N.C12H18O2S.C12H18OS/c1-16(2)18-5-3-17(4-6-18)15-20-9-7-19(8-10-20)21-11-13-22-14-12-21;1-14(2)16-7-5-15(6-8-16)13-19-11-9-17(10-12-19)18(3)4;1-11(2)13-7-5-12(6-8-13)9-10-14(3)4;1-10(2)12-6-4-11(5-7-12)8-9-15(3,13)14;1-10(2)12-6-4-11(5-7-12)8-9-14(3)13/h3-6,16,19H,7-15H2,1-2H3;5-8,14,17H,9-13H2,1-4H3;5-8,11H,9-10H2,1-4H3;4-7,10H,8-9H2,1-3H3;4-7,10H,8-9H2,1-3H3. The number of hydrogen-bond acceptors (Lipinski definition) is 9. The molecule has 0 aromatic heterocycles. The Balaban J connectivity index is 0.000000228. The Bertz CT molecular complexity index is 2650. The number of piperidine rings is 2. The molecule has 0 spiro atoms. The predicted octanol–water partition coefficient (Wildman–Crippen LogP) is 14.5. The van der Waals surface area contributed by atoms with Crippen molar-refractivity contribution in [1.82, 2.24) is 24.5 Å². The van der Waals surface area contributed by atoms with E-state index >= 15 is 0 Å². The zero-order valence-electron chi connectivity index (χ0n) is 55.4. The molecule has 8 rings (SSSR count). The summed E-state index contributed by atoms with van der Waals surface area (Å²) in [6, 6.07) is 45.7. The SMILES string of the molecule is CC(C)c1ccc(CCN(C)C)cc1.CC(C)c1ccc(CCS(C)(=O)=O)cc1.CC(C)c1ccc(CCS(C)=O)cc1.CC(C)c1ccc(CN2CCC(N(C)C)CC2)cc1.CC(C)c1ccc(CN2CCC(N3CCOCC3)CC2)cc1. The van der Waals surface area contributed by atoms with Gasteiger partial charge in [-0.15, -0.1) is 0 Å². The van der Waals surface area contributed by atoms with Gasteiger partial charge < -0.3 is 14.5 Å². The molecule has 0 amide bonds. The summed E-state index contributed by atoms with van der Waals surface area (Å²) in [6.07, 6.45) is 10.9. The van der Waals surface area contributed by atoms with Crippen molar-refractivity contribution in [3.63, 3.8) is 0 Å². The average molecular weight is 1190 g/mol. The highest BCUT2D eigenvalue weighted by Gasteiger charge is 2.26. The second-order valence-electron chi connectivity index (χ2n) is 26.1. The summed E-state index contributed by atoms with van der Waals surface area (Å²) in [4.78, 5) is 12.4. The molecule has 3 aliphatic heterocycles. The maximum absolute atomic E-state index is 11.0. The van der Waals surface area contributed by atoms with Crippen molar-refractivity contribution in [3.05, 3.63) is 177 Å². The Morgan fingerprint density at radius 2 is 0.798 bits per heavy atom. The minimum Gasteiger partial charge on any atom is -0.379 e. The Kier molecular flexibility index (Phi) is 33.0. The minimum atomic E-state index is -2.85. The van der Waals surface area contributed by atoms with Crippen molar-refractivity contribution >= 4 is 20.6 Å². The van der Waals surface area contributed by atoms with Crippen LogP contribution in [-0.4, -0.2) is 160 Å². The lowest BCUT2D eigenvalue weighted by Crippen LogP contribution is -2.48. The number of hydrogen-bond donors (Lipinski definition) is 0. The molecule has 0 saturated carbocycles. The maximum atomic E-state index is 11.0. The van der Waals surface area contributed by atoms with Crippen LogP contribution in [0.3, 0.4) is 0 Å². The molecule has 0 radical (unpaired) electrons. The van der Waals surface area contributed by atoms with Crippen LogP contribution in [0.5, 0.6) is 0 Å². The van der Waals surface area contributed by atoms with Gasteiger partial charge in [-0.05, 0) is 185 Å².